The summed E-state index contributed by atoms with van der Waals surface area (Å²) in [7, 11) is 0. The topological polar surface area (TPSA) is 80.9 Å². The Morgan fingerprint density at radius 3 is 0.625 bits per heavy atom. The van der Waals surface area contributed by atoms with Gasteiger partial charge in [-0.1, -0.05) is 20.8 Å². The fourth-order valence-corrected chi connectivity index (χ4v) is 0. The van der Waals surface area contributed by atoms with Crippen LogP contribution in [-0.4, -0.2) is 46.9 Å². The minimum absolute atomic E-state index is 0. The summed E-state index contributed by atoms with van der Waals surface area (Å²) in [6.07, 6.45) is 2.62. The molecule has 0 saturated heterocycles. The normalized spacial score (nSPS) is 6.75. The fourth-order valence-electron chi connectivity index (χ4n) is 0. The minimum Gasteiger partial charge on any atom is -0.397 e. The smallest absolute Gasteiger partial charge is 0.0428 e. The third-order valence-corrected chi connectivity index (χ3v) is 0.671. The van der Waals surface area contributed by atoms with Gasteiger partial charge in [0.15, 0.2) is 0 Å². The van der Waals surface area contributed by atoms with Crippen molar-refractivity contribution in [3.8, 4) is 0 Å². The molecule has 0 radical (unpaired) electrons. The third-order valence-electron chi connectivity index (χ3n) is 0.671. The van der Waals surface area contributed by atoms with Crippen molar-refractivity contribution < 1.29 is 42.1 Å². The van der Waals surface area contributed by atoms with Crippen molar-refractivity contribution in [2.24, 2.45) is 0 Å². The Morgan fingerprint density at radius 2 is 0.625 bits per heavy atom. The van der Waals surface area contributed by atoms with Gasteiger partial charge in [-0.15, -0.1) is 0 Å². The predicted octanol–water partition coefficient (Wildman–Crippen LogP) is 1.16. The maximum atomic E-state index is 7.88. The summed E-state index contributed by atoms with van der Waals surface area (Å²) in [5.41, 5.74) is 0. The predicted molar refractivity (Wildman–Crippen MR) is 64.9 cm³/mol. The molecule has 0 bridgehead atoms. The molecule has 0 amide bonds. The van der Waals surface area contributed by atoms with E-state index in [1.807, 2.05) is 20.8 Å². The van der Waals surface area contributed by atoms with Gasteiger partial charge in [-0.2, -0.15) is 0 Å². The molecular formula is C11H30O4Ti. The average molecular weight is 274 g/mol. The molecule has 0 saturated carbocycles. The van der Waals surface area contributed by atoms with Gasteiger partial charge in [0.2, 0.25) is 0 Å². The number of rotatable bonds is 3. The van der Waals surface area contributed by atoms with Crippen LogP contribution in [0.2, 0.25) is 0 Å². The van der Waals surface area contributed by atoms with Gasteiger partial charge in [0.25, 0.3) is 0 Å². The van der Waals surface area contributed by atoms with E-state index in [0.29, 0.717) is 19.8 Å². The maximum absolute atomic E-state index is 7.88. The average Bonchev–Trinajstić information content (AvgIpc) is 2.30. The van der Waals surface area contributed by atoms with Gasteiger partial charge >= 0.3 is 0 Å². The number of hydrogen-bond donors (Lipinski definition) is 4. The van der Waals surface area contributed by atoms with E-state index in [1.54, 1.807) is 6.92 Å². The Labute approximate surface area is 116 Å². The van der Waals surface area contributed by atoms with Crippen molar-refractivity contribution in [1.29, 1.82) is 0 Å². The summed E-state index contributed by atoms with van der Waals surface area (Å²) in [5, 5.41) is 31.2. The standard InChI is InChI=1S/3C3H8O.C2H6O.Ti/c3*1-2-3-4;1-2-3;/h3*4H,2-3H2,1H3;3H,2H2,1H3;. The van der Waals surface area contributed by atoms with Crippen LogP contribution in [0, 0.1) is 0 Å². The molecule has 0 aromatic heterocycles. The van der Waals surface area contributed by atoms with Crippen molar-refractivity contribution in [2.45, 2.75) is 47.0 Å². The van der Waals surface area contributed by atoms with Crippen molar-refractivity contribution in [3.63, 3.8) is 0 Å². The van der Waals surface area contributed by atoms with Gasteiger partial charge in [-0.3, -0.25) is 0 Å². The minimum atomic E-state index is 0. The first kappa shape index (κ1) is 30.0. The molecule has 0 fully saturated rings. The Balaban J connectivity index is -0.0000000331. The van der Waals surface area contributed by atoms with Crippen LogP contribution in [0.15, 0.2) is 0 Å². The van der Waals surface area contributed by atoms with Crippen molar-refractivity contribution in [2.75, 3.05) is 26.4 Å². The summed E-state index contributed by atoms with van der Waals surface area (Å²) in [6, 6.07) is 0. The Morgan fingerprint density at radius 1 is 0.562 bits per heavy atom. The molecule has 0 rings (SSSR count). The summed E-state index contributed by atoms with van der Waals surface area (Å²) in [5.74, 6) is 0. The number of aliphatic hydroxyl groups excluding tert-OH is 4. The SMILES string of the molecule is CCCO.CCCO.CCCO.CCO.[Ti]. The van der Waals surface area contributed by atoms with Crippen LogP contribution in [0.1, 0.15) is 47.0 Å². The second kappa shape index (κ2) is 57.7. The van der Waals surface area contributed by atoms with Crippen molar-refractivity contribution in [1.82, 2.24) is 0 Å². The molecule has 16 heavy (non-hydrogen) atoms. The van der Waals surface area contributed by atoms with Crippen molar-refractivity contribution in [3.05, 3.63) is 0 Å². The van der Waals surface area contributed by atoms with Crippen LogP contribution < -0.4 is 0 Å². The zero-order valence-electron chi connectivity index (χ0n) is 11.2. The van der Waals surface area contributed by atoms with Gasteiger partial charge in [-0.25, -0.2) is 0 Å². The molecular weight excluding hydrogens is 244 g/mol. The van der Waals surface area contributed by atoms with Crippen LogP contribution in [0.3, 0.4) is 0 Å². The summed E-state index contributed by atoms with van der Waals surface area (Å²) in [6.45, 7) is 8.68. The van der Waals surface area contributed by atoms with E-state index in [2.05, 4.69) is 0 Å². The Hall–Kier alpha value is 0.554. The Bertz CT molecular complexity index is 41.7. The van der Waals surface area contributed by atoms with E-state index in [9.17, 15) is 0 Å². The summed E-state index contributed by atoms with van der Waals surface area (Å²) >= 11 is 0. The van der Waals surface area contributed by atoms with E-state index in [1.165, 1.54) is 0 Å². The largest absolute Gasteiger partial charge is 0.397 e. The number of aliphatic hydroxyl groups is 4. The van der Waals surface area contributed by atoms with Crippen LogP contribution in [0.5, 0.6) is 0 Å². The second-order valence-electron chi connectivity index (χ2n) is 2.49. The van der Waals surface area contributed by atoms with Gasteiger partial charge in [0.05, 0.1) is 0 Å². The molecule has 0 aliphatic rings. The second-order valence-corrected chi connectivity index (χ2v) is 2.49. The maximum Gasteiger partial charge on any atom is 0.0428 e. The van der Waals surface area contributed by atoms with Crippen molar-refractivity contribution >= 4 is 0 Å². The molecule has 0 atom stereocenters. The number of hydrogen-bond acceptors (Lipinski definition) is 4. The first-order valence-corrected chi connectivity index (χ1v) is 5.59. The van der Waals surface area contributed by atoms with Crippen LogP contribution in [0.4, 0.5) is 0 Å². The third kappa shape index (κ3) is 212. The van der Waals surface area contributed by atoms with Gasteiger partial charge in [0, 0.05) is 48.1 Å². The van der Waals surface area contributed by atoms with Gasteiger partial charge in [-0.05, 0) is 26.2 Å². The van der Waals surface area contributed by atoms with E-state index in [-0.39, 0.29) is 28.3 Å². The van der Waals surface area contributed by atoms with E-state index < -0.39 is 0 Å². The van der Waals surface area contributed by atoms with E-state index in [4.69, 9.17) is 20.4 Å². The molecule has 102 valence electrons. The summed E-state index contributed by atoms with van der Waals surface area (Å²) < 4.78 is 0. The van der Waals surface area contributed by atoms with Crippen LogP contribution >= 0.6 is 0 Å². The van der Waals surface area contributed by atoms with E-state index in [0.717, 1.165) is 19.3 Å². The molecule has 0 aliphatic carbocycles. The van der Waals surface area contributed by atoms with Crippen LogP contribution in [0.25, 0.3) is 0 Å². The van der Waals surface area contributed by atoms with Gasteiger partial charge in [0.1, 0.15) is 0 Å². The fraction of sp³-hybridized carbons (Fsp3) is 1.00. The monoisotopic (exact) mass is 274 g/mol. The molecule has 5 heteroatoms. The quantitative estimate of drug-likeness (QED) is 0.582. The zero-order chi connectivity index (χ0) is 12.9. The molecule has 4 N–H and O–H groups in total. The molecule has 0 aromatic carbocycles. The van der Waals surface area contributed by atoms with Crippen LogP contribution in [-0.2, 0) is 21.7 Å². The Kier molecular flexibility index (Phi) is 108. The molecule has 4 nitrogen and oxygen atoms in total. The zero-order valence-corrected chi connectivity index (χ0v) is 12.8. The van der Waals surface area contributed by atoms with E-state index >= 15 is 0 Å². The molecule has 0 unspecified atom stereocenters. The summed E-state index contributed by atoms with van der Waals surface area (Å²) in [4.78, 5) is 0. The van der Waals surface area contributed by atoms with Gasteiger partial charge < -0.3 is 20.4 Å². The first-order chi connectivity index (χ1) is 7.16. The molecule has 0 aromatic rings. The first-order valence-electron chi connectivity index (χ1n) is 5.59. The molecule has 0 aliphatic heterocycles. The molecule has 0 heterocycles. The molecule has 0 spiro atoms.